The summed E-state index contributed by atoms with van der Waals surface area (Å²) in [4.78, 5) is 30.5. The zero-order chi connectivity index (χ0) is 14.7. The first-order valence-electron chi connectivity index (χ1n) is 6.74. The van der Waals surface area contributed by atoms with Gasteiger partial charge in [0.05, 0.1) is 22.4 Å². The lowest BCUT2D eigenvalue weighted by Gasteiger charge is -2.18. The number of hydrogen-bond acceptors (Lipinski definition) is 3. The average molecular weight is 276 g/mol. The number of rotatable bonds is 5. The van der Waals surface area contributed by atoms with Gasteiger partial charge in [-0.3, -0.25) is 4.79 Å². The van der Waals surface area contributed by atoms with Crippen LogP contribution in [0.15, 0.2) is 16.9 Å². The van der Waals surface area contributed by atoms with Gasteiger partial charge in [-0.25, -0.2) is 4.79 Å². The molecule has 0 unspecified atom stereocenters. The number of fused-ring (bicyclic) bond motifs is 1. The molecule has 0 radical (unpaired) electrons. The Kier molecular flexibility index (Phi) is 4.12. The first-order chi connectivity index (χ1) is 9.51. The lowest BCUT2D eigenvalue weighted by molar-refractivity contribution is -0.116. The molecule has 0 atom stereocenters. The number of unbranched alkanes of at least 4 members (excludes halogenated alkanes) is 1. The van der Waals surface area contributed by atoms with E-state index in [0.717, 1.165) is 24.0 Å². The Morgan fingerprint density at radius 2 is 1.90 bits per heavy atom. The number of anilines is 2. The number of amides is 1. The minimum atomic E-state index is -0.251. The summed E-state index contributed by atoms with van der Waals surface area (Å²) < 4.78 is 0. The molecule has 0 aliphatic carbocycles. The van der Waals surface area contributed by atoms with Crippen molar-refractivity contribution < 1.29 is 4.79 Å². The third-order valence-electron chi connectivity index (χ3n) is 3.15. The minimum Gasteiger partial charge on any atom is -0.376 e. The van der Waals surface area contributed by atoms with Gasteiger partial charge in [-0.15, -0.1) is 0 Å². The summed E-state index contributed by atoms with van der Waals surface area (Å²) in [6.07, 6.45) is 2.36. The molecule has 1 aromatic carbocycles. The molecule has 0 saturated carbocycles. The van der Waals surface area contributed by atoms with E-state index in [0.29, 0.717) is 17.6 Å². The maximum atomic E-state index is 11.9. The Morgan fingerprint density at radius 1 is 1.25 bits per heavy atom. The summed E-state index contributed by atoms with van der Waals surface area (Å²) in [6.45, 7) is 2.05. The fourth-order valence-electron chi connectivity index (χ4n) is 2.09. The molecule has 0 aliphatic heterocycles. The molecule has 2 aromatic rings. The SMILES string of the molecule is CCCCC(=O)Nc1cc2[nH]c(=O)[nH]c2cc1N(C)C. The highest BCUT2D eigenvalue weighted by molar-refractivity contribution is 5.98. The van der Waals surface area contributed by atoms with Crippen molar-refractivity contribution in [2.24, 2.45) is 0 Å². The highest BCUT2D eigenvalue weighted by atomic mass is 16.1. The molecule has 0 aliphatic rings. The topological polar surface area (TPSA) is 81.0 Å². The average Bonchev–Trinajstić information content (AvgIpc) is 2.74. The van der Waals surface area contributed by atoms with Gasteiger partial charge in [-0.1, -0.05) is 13.3 Å². The predicted molar refractivity (Wildman–Crippen MR) is 81.4 cm³/mol. The maximum absolute atomic E-state index is 11.9. The van der Waals surface area contributed by atoms with Gasteiger partial charge >= 0.3 is 5.69 Å². The second-order valence-corrected chi connectivity index (χ2v) is 5.04. The van der Waals surface area contributed by atoms with Gasteiger partial charge in [-0.2, -0.15) is 0 Å². The van der Waals surface area contributed by atoms with E-state index in [9.17, 15) is 9.59 Å². The van der Waals surface area contributed by atoms with Gasteiger partial charge in [-0.05, 0) is 18.6 Å². The van der Waals surface area contributed by atoms with Crippen LogP contribution in [-0.2, 0) is 4.79 Å². The summed E-state index contributed by atoms with van der Waals surface area (Å²) in [6, 6.07) is 3.63. The number of aromatic nitrogens is 2. The van der Waals surface area contributed by atoms with Crippen LogP contribution >= 0.6 is 0 Å². The molecule has 0 saturated heterocycles. The molecule has 0 bridgehead atoms. The van der Waals surface area contributed by atoms with Crippen LogP contribution in [0.25, 0.3) is 11.0 Å². The van der Waals surface area contributed by atoms with Crippen molar-refractivity contribution in [3.63, 3.8) is 0 Å². The first kappa shape index (κ1) is 14.2. The second kappa shape index (κ2) is 5.81. The smallest absolute Gasteiger partial charge is 0.323 e. The van der Waals surface area contributed by atoms with Crippen molar-refractivity contribution in [2.45, 2.75) is 26.2 Å². The van der Waals surface area contributed by atoms with Crippen molar-refractivity contribution in [3.05, 3.63) is 22.6 Å². The molecular weight excluding hydrogens is 256 g/mol. The van der Waals surface area contributed by atoms with Crippen LogP contribution in [0.5, 0.6) is 0 Å². The Labute approximate surface area is 117 Å². The summed E-state index contributed by atoms with van der Waals surface area (Å²) in [5.41, 5.74) is 2.73. The minimum absolute atomic E-state index is 0.00724. The number of nitrogens with one attached hydrogen (secondary N) is 3. The molecule has 2 rings (SSSR count). The quantitative estimate of drug-likeness (QED) is 0.781. The molecule has 1 aromatic heterocycles. The normalized spacial score (nSPS) is 10.8. The van der Waals surface area contributed by atoms with Gasteiger partial charge in [0.2, 0.25) is 5.91 Å². The van der Waals surface area contributed by atoms with E-state index in [2.05, 4.69) is 22.2 Å². The van der Waals surface area contributed by atoms with Gasteiger partial charge < -0.3 is 20.2 Å². The van der Waals surface area contributed by atoms with E-state index in [1.54, 1.807) is 6.07 Å². The fourth-order valence-corrected chi connectivity index (χ4v) is 2.09. The molecule has 0 fully saturated rings. The summed E-state index contributed by atoms with van der Waals surface area (Å²) in [5, 5.41) is 2.91. The van der Waals surface area contributed by atoms with Crippen molar-refractivity contribution in [2.75, 3.05) is 24.3 Å². The van der Waals surface area contributed by atoms with Gasteiger partial charge in [0, 0.05) is 20.5 Å². The summed E-state index contributed by atoms with van der Waals surface area (Å²) in [7, 11) is 3.79. The number of imidazole rings is 1. The highest BCUT2D eigenvalue weighted by Gasteiger charge is 2.11. The van der Waals surface area contributed by atoms with Crippen LogP contribution in [0.1, 0.15) is 26.2 Å². The molecule has 6 heteroatoms. The van der Waals surface area contributed by atoms with Crippen molar-refractivity contribution in [1.29, 1.82) is 0 Å². The van der Waals surface area contributed by atoms with E-state index in [1.165, 1.54) is 0 Å². The van der Waals surface area contributed by atoms with Crippen molar-refractivity contribution >= 4 is 28.3 Å². The van der Waals surface area contributed by atoms with Gasteiger partial charge in [0.25, 0.3) is 0 Å². The molecule has 3 N–H and O–H groups in total. The number of aromatic amines is 2. The zero-order valence-electron chi connectivity index (χ0n) is 12.0. The standard InChI is InChI=1S/C14H20N4O2/c1-4-5-6-13(19)15-11-7-9-10(17-14(20)16-9)8-12(11)18(2)3/h7-8H,4-6H2,1-3H3,(H,15,19)(H2,16,17,20). The summed E-state index contributed by atoms with van der Waals surface area (Å²) in [5.74, 6) is -0.00724. The van der Waals surface area contributed by atoms with Crippen LogP contribution in [-0.4, -0.2) is 30.0 Å². The van der Waals surface area contributed by atoms with Gasteiger partial charge in [0.1, 0.15) is 0 Å². The largest absolute Gasteiger partial charge is 0.376 e. The number of benzene rings is 1. The lowest BCUT2D eigenvalue weighted by atomic mass is 10.2. The van der Waals surface area contributed by atoms with Crippen LogP contribution in [0, 0.1) is 0 Å². The number of carbonyl (C=O) groups excluding carboxylic acids is 1. The zero-order valence-corrected chi connectivity index (χ0v) is 12.0. The molecule has 20 heavy (non-hydrogen) atoms. The third-order valence-corrected chi connectivity index (χ3v) is 3.15. The van der Waals surface area contributed by atoms with E-state index >= 15 is 0 Å². The molecule has 1 heterocycles. The van der Waals surface area contributed by atoms with E-state index in [-0.39, 0.29) is 11.6 Å². The van der Waals surface area contributed by atoms with Crippen LogP contribution in [0.4, 0.5) is 11.4 Å². The molecular formula is C14H20N4O2. The Bertz CT molecular complexity index is 669. The maximum Gasteiger partial charge on any atom is 0.323 e. The lowest BCUT2D eigenvalue weighted by Crippen LogP contribution is -2.16. The second-order valence-electron chi connectivity index (χ2n) is 5.04. The molecule has 6 nitrogen and oxygen atoms in total. The number of hydrogen-bond donors (Lipinski definition) is 3. The monoisotopic (exact) mass is 276 g/mol. The van der Waals surface area contributed by atoms with E-state index < -0.39 is 0 Å². The van der Waals surface area contributed by atoms with Crippen LogP contribution in [0.2, 0.25) is 0 Å². The van der Waals surface area contributed by atoms with Crippen molar-refractivity contribution in [1.82, 2.24) is 9.97 Å². The first-order valence-corrected chi connectivity index (χ1v) is 6.74. The van der Waals surface area contributed by atoms with E-state index in [4.69, 9.17) is 0 Å². The summed E-state index contributed by atoms with van der Waals surface area (Å²) >= 11 is 0. The Morgan fingerprint density at radius 3 is 2.50 bits per heavy atom. The molecule has 0 spiro atoms. The molecule has 1 amide bonds. The molecule has 108 valence electrons. The predicted octanol–water partition coefficient (Wildman–Crippen LogP) is 2.05. The Balaban J connectivity index is 2.36. The Hall–Kier alpha value is -2.24. The van der Waals surface area contributed by atoms with E-state index in [1.807, 2.05) is 25.1 Å². The number of H-pyrrole nitrogens is 2. The van der Waals surface area contributed by atoms with Crippen LogP contribution < -0.4 is 15.9 Å². The van der Waals surface area contributed by atoms with Crippen LogP contribution in [0.3, 0.4) is 0 Å². The van der Waals surface area contributed by atoms with Crippen molar-refractivity contribution in [3.8, 4) is 0 Å². The fraction of sp³-hybridized carbons (Fsp3) is 0.429. The number of carbonyl (C=O) groups is 1. The number of nitrogens with zero attached hydrogens (tertiary/aromatic N) is 1. The third kappa shape index (κ3) is 3.01. The van der Waals surface area contributed by atoms with Gasteiger partial charge in [0.15, 0.2) is 0 Å². The highest BCUT2D eigenvalue weighted by Crippen LogP contribution is 2.28.